The molecule has 4 nitrogen and oxygen atoms in total. The van der Waals surface area contributed by atoms with E-state index < -0.39 is 0 Å². The molecule has 1 N–H and O–H groups in total. The minimum Gasteiger partial charge on any atom is -0.317 e. The molecule has 0 unspecified atom stereocenters. The van der Waals surface area contributed by atoms with Gasteiger partial charge >= 0.3 is 0 Å². The second kappa shape index (κ2) is 5.86. The summed E-state index contributed by atoms with van der Waals surface area (Å²) in [7, 11) is 0. The highest BCUT2D eigenvalue weighted by atomic mass is 15.2. The van der Waals surface area contributed by atoms with Crippen molar-refractivity contribution in [1.29, 1.82) is 0 Å². The Hall–Kier alpha value is -1.65. The molecular weight excluding hydrogens is 272 g/mol. The van der Waals surface area contributed by atoms with Crippen molar-refractivity contribution in [2.24, 2.45) is 5.41 Å². The molecule has 0 atom stereocenters. The third kappa shape index (κ3) is 2.69. The quantitative estimate of drug-likeness (QED) is 0.944. The molecular formula is C18H24N4. The number of pyridine rings is 1. The lowest BCUT2D eigenvalue weighted by Crippen LogP contribution is -2.38. The monoisotopic (exact) mass is 296 g/mol. The molecule has 116 valence electrons. The average molecular weight is 296 g/mol. The molecule has 2 saturated heterocycles. The van der Waals surface area contributed by atoms with Gasteiger partial charge in [-0.2, -0.15) is 0 Å². The van der Waals surface area contributed by atoms with E-state index in [4.69, 9.17) is 0 Å². The molecule has 2 fully saturated rings. The second-order valence-corrected chi connectivity index (χ2v) is 6.77. The van der Waals surface area contributed by atoms with Crippen LogP contribution in [-0.2, 0) is 6.54 Å². The molecule has 0 radical (unpaired) electrons. The normalized spacial score (nSPS) is 21.5. The molecule has 2 aromatic rings. The minimum absolute atomic E-state index is 0.577. The van der Waals surface area contributed by atoms with Crippen molar-refractivity contribution in [3.63, 3.8) is 0 Å². The van der Waals surface area contributed by atoms with Crippen LogP contribution in [0, 0.1) is 5.41 Å². The summed E-state index contributed by atoms with van der Waals surface area (Å²) in [6.45, 7) is 5.89. The van der Waals surface area contributed by atoms with Gasteiger partial charge in [0.15, 0.2) is 0 Å². The topological polar surface area (TPSA) is 33.1 Å². The average Bonchev–Trinajstić information content (AvgIpc) is 3.17. The fraction of sp³-hybridized carbons (Fsp3) is 0.500. The lowest BCUT2D eigenvalue weighted by atomic mass is 9.78. The van der Waals surface area contributed by atoms with Crippen LogP contribution in [0.25, 0.3) is 5.82 Å². The molecule has 0 bridgehead atoms. The summed E-state index contributed by atoms with van der Waals surface area (Å²) in [5, 5.41) is 3.50. The van der Waals surface area contributed by atoms with Crippen LogP contribution < -0.4 is 5.32 Å². The van der Waals surface area contributed by atoms with Gasteiger partial charge < -0.3 is 9.88 Å². The Kier molecular flexibility index (Phi) is 3.72. The lowest BCUT2D eigenvalue weighted by molar-refractivity contribution is 0.193. The first kappa shape index (κ1) is 14.0. The smallest absolute Gasteiger partial charge is 0.136 e. The van der Waals surface area contributed by atoms with Gasteiger partial charge in [-0.25, -0.2) is 4.98 Å². The maximum atomic E-state index is 4.48. The SMILES string of the molecule is c1ccc(-n2cccc2CN2CCC3(CCNCC3)C2)nc1. The molecule has 0 saturated carbocycles. The van der Waals surface area contributed by atoms with Crippen molar-refractivity contribution in [1.82, 2.24) is 19.8 Å². The highest BCUT2D eigenvalue weighted by Crippen LogP contribution is 2.39. The van der Waals surface area contributed by atoms with Crippen molar-refractivity contribution in [3.05, 3.63) is 48.4 Å². The van der Waals surface area contributed by atoms with Gasteiger partial charge in [-0.05, 0) is 68.6 Å². The predicted molar refractivity (Wildman–Crippen MR) is 88.0 cm³/mol. The Labute approximate surface area is 132 Å². The maximum Gasteiger partial charge on any atom is 0.136 e. The molecule has 2 aromatic heterocycles. The van der Waals surface area contributed by atoms with Crippen molar-refractivity contribution < 1.29 is 0 Å². The number of hydrogen-bond donors (Lipinski definition) is 1. The van der Waals surface area contributed by atoms with E-state index in [1.54, 1.807) is 0 Å². The molecule has 2 aliphatic heterocycles. The van der Waals surface area contributed by atoms with E-state index >= 15 is 0 Å². The lowest BCUT2D eigenvalue weighted by Gasteiger charge is -2.34. The van der Waals surface area contributed by atoms with Crippen LogP contribution in [0.4, 0.5) is 0 Å². The Morgan fingerprint density at radius 1 is 1.09 bits per heavy atom. The minimum atomic E-state index is 0.577. The third-order valence-electron chi connectivity index (χ3n) is 5.30. The van der Waals surface area contributed by atoms with E-state index in [0.29, 0.717) is 5.41 Å². The van der Waals surface area contributed by atoms with Crippen molar-refractivity contribution in [2.45, 2.75) is 25.8 Å². The van der Waals surface area contributed by atoms with E-state index in [1.807, 2.05) is 18.3 Å². The number of nitrogens with zero attached hydrogens (tertiary/aromatic N) is 3. The zero-order chi connectivity index (χ0) is 14.8. The molecule has 1 spiro atoms. The number of hydrogen-bond acceptors (Lipinski definition) is 3. The first-order valence-electron chi connectivity index (χ1n) is 8.35. The number of aromatic nitrogens is 2. The molecule has 0 amide bonds. The van der Waals surface area contributed by atoms with Gasteiger partial charge in [0.05, 0.1) is 0 Å². The van der Waals surface area contributed by atoms with Gasteiger partial charge in [0, 0.05) is 31.2 Å². The van der Waals surface area contributed by atoms with Crippen molar-refractivity contribution >= 4 is 0 Å². The predicted octanol–water partition coefficient (Wildman–Crippen LogP) is 2.45. The Morgan fingerprint density at radius 2 is 2.00 bits per heavy atom. The van der Waals surface area contributed by atoms with Crippen LogP contribution in [0.1, 0.15) is 25.0 Å². The van der Waals surface area contributed by atoms with Crippen LogP contribution in [0.3, 0.4) is 0 Å². The molecule has 4 heteroatoms. The van der Waals surface area contributed by atoms with Gasteiger partial charge in [-0.15, -0.1) is 0 Å². The van der Waals surface area contributed by atoms with Crippen LogP contribution >= 0.6 is 0 Å². The number of rotatable bonds is 3. The van der Waals surface area contributed by atoms with Crippen LogP contribution in [0.5, 0.6) is 0 Å². The summed E-state index contributed by atoms with van der Waals surface area (Å²) >= 11 is 0. The van der Waals surface area contributed by atoms with E-state index in [-0.39, 0.29) is 0 Å². The van der Waals surface area contributed by atoms with E-state index in [2.05, 4.69) is 44.2 Å². The highest BCUT2D eigenvalue weighted by Gasteiger charge is 2.38. The van der Waals surface area contributed by atoms with E-state index in [9.17, 15) is 0 Å². The summed E-state index contributed by atoms with van der Waals surface area (Å²) in [5.74, 6) is 1.01. The number of likely N-dealkylation sites (tertiary alicyclic amines) is 1. The largest absolute Gasteiger partial charge is 0.317 e. The summed E-state index contributed by atoms with van der Waals surface area (Å²) in [6.07, 6.45) is 8.02. The van der Waals surface area contributed by atoms with Crippen LogP contribution in [-0.4, -0.2) is 40.6 Å². The van der Waals surface area contributed by atoms with Crippen LogP contribution in [0.15, 0.2) is 42.7 Å². The Bertz CT molecular complexity index is 613. The number of nitrogens with one attached hydrogen (secondary N) is 1. The van der Waals surface area contributed by atoms with Crippen LogP contribution in [0.2, 0.25) is 0 Å². The second-order valence-electron chi connectivity index (χ2n) is 6.77. The van der Waals surface area contributed by atoms with Gasteiger partial charge in [-0.3, -0.25) is 4.90 Å². The molecule has 0 aliphatic carbocycles. The van der Waals surface area contributed by atoms with Gasteiger partial charge in [0.2, 0.25) is 0 Å². The first-order valence-corrected chi connectivity index (χ1v) is 8.35. The standard InChI is InChI=1S/C18H24N4/c1-2-9-20-17(5-1)22-12-3-4-16(22)14-21-13-8-18(15-21)6-10-19-11-7-18/h1-5,9,12,19H,6-8,10-11,13-15H2. The van der Waals surface area contributed by atoms with Gasteiger partial charge in [0.25, 0.3) is 0 Å². The van der Waals surface area contributed by atoms with Gasteiger partial charge in [0.1, 0.15) is 5.82 Å². The zero-order valence-corrected chi connectivity index (χ0v) is 13.0. The molecule has 0 aromatic carbocycles. The van der Waals surface area contributed by atoms with E-state index in [0.717, 1.165) is 12.4 Å². The summed E-state index contributed by atoms with van der Waals surface area (Å²) < 4.78 is 2.22. The molecule has 2 aliphatic rings. The fourth-order valence-electron chi connectivity index (χ4n) is 4.02. The summed E-state index contributed by atoms with van der Waals surface area (Å²) in [4.78, 5) is 7.10. The van der Waals surface area contributed by atoms with Gasteiger partial charge in [-0.1, -0.05) is 6.07 Å². The first-order chi connectivity index (χ1) is 10.8. The molecule has 4 heterocycles. The fourth-order valence-corrected chi connectivity index (χ4v) is 4.02. The summed E-state index contributed by atoms with van der Waals surface area (Å²) in [6, 6.07) is 10.4. The highest BCUT2D eigenvalue weighted by molar-refractivity contribution is 5.27. The summed E-state index contributed by atoms with van der Waals surface area (Å²) in [5.41, 5.74) is 1.91. The number of piperidine rings is 1. The van der Waals surface area contributed by atoms with E-state index in [1.165, 1.54) is 51.1 Å². The van der Waals surface area contributed by atoms with Crippen molar-refractivity contribution in [2.75, 3.05) is 26.2 Å². The Morgan fingerprint density at radius 3 is 2.82 bits per heavy atom. The molecule has 4 rings (SSSR count). The van der Waals surface area contributed by atoms with Crippen molar-refractivity contribution in [3.8, 4) is 5.82 Å². The Balaban J connectivity index is 1.48. The maximum absolute atomic E-state index is 4.48. The zero-order valence-electron chi connectivity index (χ0n) is 13.0. The third-order valence-corrected chi connectivity index (χ3v) is 5.30. The molecule has 22 heavy (non-hydrogen) atoms.